The van der Waals surface area contributed by atoms with Gasteiger partial charge in [0.25, 0.3) is 0 Å². The lowest BCUT2D eigenvalue weighted by Gasteiger charge is -2.23. The van der Waals surface area contributed by atoms with Gasteiger partial charge in [-0.15, -0.1) is 10.2 Å². The Hall–Kier alpha value is -2.90. The summed E-state index contributed by atoms with van der Waals surface area (Å²) >= 11 is 0. The van der Waals surface area contributed by atoms with Crippen LogP contribution in [0.25, 0.3) is 11.4 Å². The Morgan fingerprint density at radius 2 is 2.15 bits per heavy atom. The van der Waals surface area contributed by atoms with Crippen molar-refractivity contribution < 1.29 is 14.7 Å². The molecule has 2 N–H and O–H groups in total. The number of anilines is 1. The molecule has 0 spiro atoms. The molecule has 4 rings (SSSR count). The third-order valence-corrected chi connectivity index (χ3v) is 6.05. The van der Waals surface area contributed by atoms with Crippen LogP contribution in [0, 0.1) is 18.3 Å². The number of aromatic nitrogens is 3. The third-order valence-electron chi connectivity index (χ3n) is 6.05. The van der Waals surface area contributed by atoms with Crippen LogP contribution >= 0.6 is 0 Å². The molecular weight excluding hydrogens is 346 g/mol. The monoisotopic (exact) mass is 369 g/mol. The number of carboxylic acids is 1. The fraction of sp³-hybridized carbons (Fsp3) is 0.474. The fourth-order valence-electron chi connectivity index (χ4n) is 4.39. The molecule has 8 heteroatoms. The van der Waals surface area contributed by atoms with Gasteiger partial charge in [0.05, 0.1) is 5.41 Å². The molecule has 2 fully saturated rings. The first-order chi connectivity index (χ1) is 12.9. The maximum absolute atomic E-state index is 12.7. The number of aliphatic carboxylic acids is 1. The van der Waals surface area contributed by atoms with Gasteiger partial charge in [0, 0.05) is 31.4 Å². The number of hydrogen-bond acceptors (Lipinski definition) is 4. The third kappa shape index (κ3) is 2.85. The molecule has 27 heavy (non-hydrogen) atoms. The number of carbonyl (C=O) groups excluding carboxylic acids is 1. The van der Waals surface area contributed by atoms with Crippen LogP contribution in [0.15, 0.2) is 24.3 Å². The number of carbonyl (C=O) groups is 2. The minimum Gasteiger partial charge on any atom is -0.481 e. The number of rotatable bonds is 3. The summed E-state index contributed by atoms with van der Waals surface area (Å²) in [6.45, 7) is 2.66. The number of nitrogens with zero attached hydrogens (tertiary/aromatic N) is 4. The van der Waals surface area contributed by atoms with E-state index in [-0.39, 0.29) is 18.5 Å². The first-order valence-corrected chi connectivity index (χ1v) is 9.16. The van der Waals surface area contributed by atoms with Crippen molar-refractivity contribution in [3.05, 3.63) is 30.1 Å². The first-order valence-electron chi connectivity index (χ1n) is 9.16. The van der Waals surface area contributed by atoms with E-state index in [4.69, 9.17) is 0 Å². The average Bonchev–Trinajstić information content (AvgIpc) is 3.29. The predicted molar refractivity (Wildman–Crippen MR) is 99.2 cm³/mol. The van der Waals surface area contributed by atoms with Crippen molar-refractivity contribution in [3.8, 4) is 11.4 Å². The molecule has 2 aromatic rings. The van der Waals surface area contributed by atoms with E-state index in [2.05, 4.69) is 15.5 Å². The summed E-state index contributed by atoms with van der Waals surface area (Å²) in [5.41, 5.74) is 0.741. The molecule has 1 saturated heterocycles. The zero-order valence-electron chi connectivity index (χ0n) is 15.5. The second-order valence-electron chi connectivity index (χ2n) is 7.57. The number of nitrogens with one attached hydrogen (secondary N) is 1. The molecular formula is C19H23N5O3. The first kappa shape index (κ1) is 17.5. The summed E-state index contributed by atoms with van der Waals surface area (Å²) in [7, 11) is 1.89. The molecule has 142 valence electrons. The van der Waals surface area contributed by atoms with Crippen molar-refractivity contribution >= 4 is 17.7 Å². The summed E-state index contributed by atoms with van der Waals surface area (Å²) in [6, 6.07) is 7.18. The van der Waals surface area contributed by atoms with Crippen molar-refractivity contribution in [1.29, 1.82) is 0 Å². The summed E-state index contributed by atoms with van der Waals surface area (Å²) in [4.78, 5) is 26.1. The van der Waals surface area contributed by atoms with E-state index < -0.39 is 11.4 Å². The number of urea groups is 1. The van der Waals surface area contributed by atoms with Gasteiger partial charge in [0.2, 0.25) is 0 Å². The zero-order chi connectivity index (χ0) is 19.2. The van der Waals surface area contributed by atoms with Gasteiger partial charge in [-0.1, -0.05) is 18.6 Å². The molecule has 1 saturated carbocycles. The average molecular weight is 369 g/mol. The Kier molecular flexibility index (Phi) is 4.13. The maximum Gasteiger partial charge on any atom is 0.321 e. The summed E-state index contributed by atoms with van der Waals surface area (Å²) in [5.74, 6) is 0.805. The molecule has 1 aliphatic heterocycles. The van der Waals surface area contributed by atoms with Gasteiger partial charge in [0.15, 0.2) is 5.82 Å². The van der Waals surface area contributed by atoms with E-state index in [1.54, 1.807) is 4.90 Å². The number of aryl methyl sites for hydroxylation is 1. The molecule has 2 atom stereocenters. The molecule has 2 heterocycles. The van der Waals surface area contributed by atoms with Crippen LogP contribution in [-0.4, -0.2) is 49.9 Å². The fourth-order valence-corrected chi connectivity index (χ4v) is 4.39. The Morgan fingerprint density at radius 3 is 2.81 bits per heavy atom. The van der Waals surface area contributed by atoms with Gasteiger partial charge in [-0.05, 0) is 37.8 Å². The van der Waals surface area contributed by atoms with Crippen molar-refractivity contribution in [2.75, 3.05) is 18.4 Å². The van der Waals surface area contributed by atoms with E-state index in [9.17, 15) is 14.7 Å². The highest BCUT2D eigenvalue weighted by molar-refractivity contribution is 5.91. The molecule has 2 aliphatic rings. The normalized spacial score (nSPS) is 24.1. The number of benzene rings is 1. The van der Waals surface area contributed by atoms with Gasteiger partial charge in [0.1, 0.15) is 5.82 Å². The second-order valence-corrected chi connectivity index (χ2v) is 7.57. The van der Waals surface area contributed by atoms with E-state index in [1.165, 1.54) is 0 Å². The molecule has 1 aromatic carbocycles. The smallest absolute Gasteiger partial charge is 0.321 e. The molecule has 1 aromatic heterocycles. The number of amides is 2. The van der Waals surface area contributed by atoms with Crippen LogP contribution in [0.2, 0.25) is 0 Å². The Labute approximate surface area is 157 Å². The van der Waals surface area contributed by atoms with Crippen LogP contribution in [0.1, 0.15) is 25.1 Å². The van der Waals surface area contributed by atoms with Gasteiger partial charge in [-0.25, -0.2) is 4.79 Å². The Morgan fingerprint density at radius 1 is 1.33 bits per heavy atom. The number of likely N-dealkylation sites (tertiary alicyclic amines) is 1. The lowest BCUT2D eigenvalue weighted by atomic mass is 9.81. The maximum atomic E-state index is 12.7. The predicted octanol–water partition coefficient (Wildman–Crippen LogP) is 2.51. The minimum atomic E-state index is -0.778. The SMILES string of the molecule is Cc1nnc(-c2cccc(NC(=O)N3C[C@@H]4CCC[C@@]4(C(=O)O)C3)c2)n1C. The zero-order valence-corrected chi connectivity index (χ0v) is 15.5. The van der Waals surface area contributed by atoms with Crippen LogP contribution in [0.5, 0.6) is 0 Å². The van der Waals surface area contributed by atoms with Crippen LogP contribution in [-0.2, 0) is 11.8 Å². The highest BCUT2D eigenvalue weighted by Gasteiger charge is 2.55. The van der Waals surface area contributed by atoms with E-state index in [0.717, 1.165) is 30.1 Å². The largest absolute Gasteiger partial charge is 0.481 e. The summed E-state index contributed by atoms with van der Waals surface area (Å²) < 4.78 is 1.89. The van der Waals surface area contributed by atoms with Gasteiger partial charge in [-0.3, -0.25) is 4.79 Å². The van der Waals surface area contributed by atoms with Crippen molar-refractivity contribution in [3.63, 3.8) is 0 Å². The topological polar surface area (TPSA) is 100 Å². The van der Waals surface area contributed by atoms with E-state index in [1.807, 2.05) is 42.8 Å². The molecule has 2 amide bonds. The number of fused-ring (bicyclic) bond motifs is 1. The Bertz CT molecular complexity index is 909. The number of hydrogen-bond donors (Lipinski definition) is 2. The van der Waals surface area contributed by atoms with Crippen LogP contribution in [0.3, 0.4) is 0 Å². The Balaban J connectivity index is 1.50. The summed E-state index contributed by atoms with van der Waals surface area (Å²) in [5, 5.41) is 20.8. The second kappa shape index (κ2) is 6.37. The molecule has 0 radical (unpaired) electrons. The minimum absolute atomic E-state index is 0.0497. The van der Waals surface area contributed by atoms with Crippen molar-refractivity contribution in [1.82, 2.24) is 19.7 Å². The quantitative estimate of drug-likeness (QED) is 0.866. The van der Waals surface area contributed by atoms with Crippen LogP contribution in [0.4, 0.5) is 10.5 Å². The highest BCUT2D eigenvalue weighted by Crippen LogP contribution is 2.48. The van der Waals surface area contributed by atoms with E-state index >= 15 is 0 Å². The van der Waals surface area contributed by atoms with Crippen molar-refractivity contribution in [2.24, 2.45) is 18.4 Å². The van der Waals surface area contributed by atoms with Gasteiger partial charge < -0.3 is 19.9 Å². The molecule has 8 nitrogen and oxygen atoms in total. The van der Waals surface area contributed by atoms with Crippen molar-refractivity contribution in [2.45, 2.75) is 26.2 Å². The van der Waals surface area contributed by atoms with Gasteiger partial charge in [-0.2, -0.15) is 0 Å². The molecule has 1 aliphatic carbocycles. The van der Waals surface area contributed by atoms with Crippen LogP contribution < -0.4 is 5.32 Å². The standard InChI is InChI=1S/C19H23N5O3/c1-12-21-22-16(23(12)2)13-5-3-7-15(9-13)20-18(27)24-10-14-6-4-8-19(14,11-24)17(25)26/h3,5,7,9,14H,4,6,8,10-11H2,1-2H3,(H,20,27)(H,25,26)/t14-,19+/m0/s1. The van der Waals surface area contributed by atoms with Gasteiger partial charge >= 0.3 is 12.0 Å². The lowest BCUT2D eigenvalue weighted by molar-refractivity contribution is -0.149. The van der Waals surface area contributed by atoms with E-state index in [0.29, 0.717) is 18.7 Å². The number of carboxylic acid groups (broad SMARTS) is 1. The molecule has 0 unspecified atom stereocenters. The summed E-state index contributed by atoms with van der Waals surface area (Å²) in [6.07, 6.45) is 2.44. The molecule has 0 bridgehead atoms. The lowest BCUT2D eigenvalue weighted by Crippen LogP contribution is -2.38. The highest BCUT2D eigenvalue weighted by atomic mass is 16.4.